The zero-order valence-electron chi connectivity index (χ0n) is 25.3. The van der Waals surface area contributed by atoms with Crippen LogP contribution in [0.1, 0.15) is 188 Å². The van der Waals surface area contributed by atoms with Crippen LogP contribution < -0.4 is 24.0 Å². The fraction of sp³-hybridized carbons (Fsp3) is 1.00. The molecule has 0 atom stereocenters. The van der Waals surface area contributed by atoms with Crippen LogP contribution in [0, 0.1) is 0 Å². The van der Waals surface area contributed by atoms with Gasteiger partial charge in [-0.15, -0.1) is 0 Å². The van der Waals surface area contributed by atoms with E-state index in [2.05, 4.69) is 27.7 Å². The molecule has 0 radical (unpaired) electrons. The predicted octanol–water partition coefficient (Wildman–Crippen LogP) is 8.64. The lowest BCUT2D eigenvalue weighted by molar-refractivity contribution is -0.929. The first-order valence-corrected chi connectivity index (χ1v) is 16.6. The Labute approximate surface area is 242 Å². The van der Waals surface area contributed by atoms with Crippen LogP contribution >= 0.6 is 0 Å². The van der Waals surface area contributed by atoms with Crippen molar-refractivity contribution in [1.29, 1.82) is 0 Å². The summed E-state index contributed by atoms with van der Waals surface area (Å²) < 4.78 is 1.47. The van der Waals surface area contributed by atoms with Crippen molar-refractivity contribution in [1.82, 2.24) is 0 Å². The summed E-state index contributed by atoms with van der Waals surface area (Å²) in [4.78, 5) is 0. The summed E-state index contributed by atoms with van der Waals surface area (Å²) in [6.07, 6.45) is 36.3. The Morgan fingerprint density at radius 3 is 0.629 bits per heavy atom. The van der Waals surface area contributed by atoms with Crippen LogP contribution in [-0.2, 0) is 0 Å². The lowest BCUT2D eigenvalue weighted by atomic mass is 10.0. The van der Waals surface area contributed by atoms with Gasteiger partial charge in [-0.1, -0.05) is 137 Å². The van der Waals surface area contributed by atoms with Crippen LogP contribution in [0.2, 0.25) is 0 Å². The van der Waals surface area contributed by atoms with E-state index in [-0.39, 0.29) is 24.0 Å². The van der Waals surface area contributed by atoms with Gasteiger partial charge in [0.05, 0.1) is 26.2 Å². The maximum Gasteiger partial charge on any atom is 0.0786 e. The number of hydrogen-bond donors (Lipinski definition) is 0. The van der Waals surface area contributed by atoms with Gasteiger partial charge in [-0.05, 0) is 51.4 Å². The molecule has 0 saturated heterocycles. The smallest absolute Gasteiger partial charge is 0.0786 e. The minimum atomic E-state index is 0. The summed E-state index contributed by atoms with van der Waals surface area (Å²) >= 11 is 0. The molecule has 35 heavy (non-hydrogen) atoms. The zero-order chi connectivity index (χ0) is 25.0. The van der Waals surface area contributed by atoms with Crippen molar-refractivity contribution in [3.63, 3.8) is 0 Å². The second-order valence-corrected chi connectivity index (χ2v) is 11.7. The van der Waals surface area contributed by atoms with Crippen LogP contribution in [0.5, 0.6) is 0 Å². The van der Waals surface area contributed by atoms with Crippen molar-refractivity contribution in [2.24, 2.45) is 0 Å². The molecule has 0 aromatic carbocycles. The van der Waals surface area contributed by atoms with E-state index >= 15 is 0 Å². The van der Waals surface area contributed by atoms with Crippen LogP contribution in [0.4, 0.5) is 0 Å². The van der Waals surface area contributed by atoms with E-state index in [4.69, 9.17) is 0 Å². The molecule has 0 aromatic rings. The first kappa shape index (κ1) is 37.8. The summed E-state index contributed by atoms with van der Waals surface area (Å²) in [6, 6.07) is 0. The molecule has 0 bridgehead atoms. The summed E-state index contributed by atoms with van der Waals surface area (Å²) in [5.41, 5.74) is 0. The maximum absolute atomic E-state index is 2.35. The van der Waals surface area contributed by atoms with E-state index in [1.54, 1.807) is 0 Å². The number of unbranched alkanes of at least 4 members (excludes halogenated alkanes) is 21. The quantitative estimate of drug-likeness (QED) is 0.0454. The van der Waals surface area contributed by atoms with Gasteiger partial charge in [-0.3, -0.25) is 0 Å². The average Bonchev–Trinajstić information content (AvgIpc) is 2.84. The highest BCUT2D eigenvalue weighted by molar-refractivity contribution is 4.55. The number of hydrogen-bond acceptors (Lipinski definition) is 0. The molecule has 0 amide bonds. The topological polar surface area (TPSA) is 0 Å². The number of quaternary nitrogens is 1. The highest BCUT2D eigenvalue weighted by atomic mass is 127. The molecule has 0 N–H and O–H groups in total. The monoisotopic (exact) mass is 607 g/mol. The van der Waals surface area contributed by atoms with Crippen molar-refractivity contribution >= 4 is 0 Å². The van der Waals surface area contributed by atoms with Crippen molar-refractivity contribution in [2.75, 3.05) is 26.2 Å². The van der Waals surface area contributed by atoms with E-state index in [0.717, 1.165) is 0 Å². The lowest BCUT2D eigenvalue weighted by Crippen LogP contribution is -3.00. The minimum absolute atomic E-state index is 0. The average molecular weight is 608 g/mol. The highest BCUT2D eigenvalue weighted by Gasteiger charge is 2.25. The van der Waals surface area contributed by atoms with Crippen molar-refractivity contribution in [2.45, 2.75) is 188 Å². The molecule has 0 heterocycles. The zero-order valence-corrected chi connectivity index (χ0v) is 27.5. The minimum Gasteiger partial charge on any atom is -1.00 e. The number of rotatable bonds is 29. The molecule has 0 fully saturated rings. The molecule has 0 rings (SSSR count). The SMILES string of the molecule is CCCCCCCCCCCC[N+](CCCCCCC)(CCCCCCC)CCCCCCC.[I-]. The maximum atomic E-state index is 2.35. The summed E-state index contributed by atoms with van der Waals surface area (Å²) in [7, 11) is 0. The van der Waals surface area contributed by atoms with Crippen molar-refractivity contribution in [3.8, 4) is 0 Å². The Morgan fingerprint density at radius 2 is 0.429 bits per heavy atom. The van der Waals surface area contributed by atoms with E-state index in [1.807, 2.05) is 0 Å². The fourth-order valence-corrected chi connectivity index (χ4v) is 5.76. The molecule has 0 aliphatic heterocycles. The second-order valence-electron chi connectivity index (χ2n) is 11.7. The van der Waals surface area contributed by atoms with E-state index in [1.165, 1.54) is 191 Å². The molecule has 2 heteroatoms. The third-order valence-electron chi connectivity index (χ3n) is 8.19. The van der Waals surface area contributed by atoms with Gasteiger partial charge in [0.25, 0.3) is 0 Å². The van der Waals surface area contributed by atoms with Crippen LogP contribution in [0.15, 0.2) is 0 Å². The van der Waals surface area contributed by atoms with Gasteiger partial charge >= 0.3 is 0 Å². The fourth-order valence-electron chi connectivity index (χ4n) is 5.76. The molecule has 0 aromatic heterocycles. The molecule has 0 aliphatic carbocycles. The lowest BCUT2D eigenvalue weighted by Gasteiger charge is -2.40. The third kappa shape index (κ3) is 26.1. The highest BCUT2D eigenvalue weighted by Crippen LogP contribution is 2.20. The molecule has 0 saturated carbocycles. The molecule has 1 nitrogen and oxygen atoms in total. The number of nitrogens with zero attached hydrogens (tertiary/aromatic N) is 1. The van der Waals surface area contributed by atoms with E-state index in [0.29, 0.717) is 0 Å². The van der Waals surface area contributed by atoms with Gasteiger partial charge in [-0.2, -0.15) is 0 Å². The summed E-state index contributed by atoms with van der Waals surface area (Å²) in [5.74, 6) is 0. The van der Waals surface area contributed by atoms with Gasteiger partial charge in [0, 0.05) is 0 Å². The first-order chi connectivity index (χ1) is 16.7. The van der Waals surface area contributed by atoms with Crippen LogP contribution in [0.3, 0.4) is 0 Å². The van der Waals surface area contributed by atoms with E-state index < -0.39 is 0 Å². The van der Waals surface area contributed by atoms with Crippen LogP contribution in [-0.4, -0.2) is 30.7 Å². The molecule has 0 spiro atoms. The Balaban J connectivity index is 0. The first-order valence-electron chi connectivity index (χ1n) is 16.6. The van der Waals surface area contributed by atoms with Gasteiger partial charge in [0.2, 0.25) is 0 Å². The summed E-state index contributed by atoms with van der Waals surface area (Å²) in [6.45, 7) is 15.3. The predicted molar refractivity (Wildman–Crippen MR) is 158 cm³/mol. The van der Waals surface area contributed by atoms with Gasteiger partial charge in [-0.25, -0.2) is 0 Å². The van der Waals surface area contributed by atoms with Gasteiger partial charge in [0.15, 0.2) is 0 Å². The Bertz CT molecular complexity index is 334. The second kappa shape index (κ2) is 30.9. The summed E-state index contributed by atoms with van der Waals surface area (Å²) in [5, 5.41) is 0. The van der Waals surface area contributed by atoms with Gasteiger partial charge < -0.3 is 28.5 Å². The largest absolute Gasteiger partial charge is 1.00 e. The molecular formula is C33H70IN. The Morgan fingerprint density at radius 1 is 0.257 bits per heavy atom. The van der Waals surface area contributed by atoms with Crippen molar-refractivity contribution in [3.05, 3.63) is 0 Å². The standard InChI is InChI=1S/C33H70N.HI/c1-5-9-13-17-18-19-20-21-25-29-33-34(30-26-22-14-10-6-2,31-27-23-15-11-7-3)32-28-24-16-12-8-4;/h5-33H2,1-4H3;1H/q+1;/p-1. The molecule has 214 valence electrons. The molecular weight excluding hydrogens is 537 g/mol. The van der Waals surface area contributed by atoms with Crippen molar-refractivity contribution < 1.29 is 28.5 Å². The Kier molecular flexibility index (Phi) is 33.4. The molecule has 0 aliphatic rings. The number of halogens is 1. The van der Waals surface area contributed by atoms with Gasteiger partial charge in [0.1, 0.15) is 0 Å². The third-order valence-corrected chi connectivity index (χ3v) is 8.19. The van der Waals surface area contributed by atoms with Crippen LogP contribution in [0.25, 0.3) is 0 Å². The van der Waals surface area contributed by atoms with E-state index in [9.17, 15) is 0 Å². The Hall–Kier alpha value is 0.690. The normalized spacial score (nSPS) is 11.7. The molecule has 0 unspecified atom stereocenters.